The van der Waals surface area contributed by atoms with Crippen molar-refractivity contribution in [3.05, 3.63) is 56.6 Å². The minimum absolute atomic E-state index is 0.0121. The highest BCUT2D eigenvalue weighted by Gasteiger charge is 2.62. The molecule has 1 saturated heterocycles. The number of hydrogen-bond donors (Lipinski definition) is 0. The van der Waals surface area contributed by atoms with Crippen LogP contribution in [0, 0.1) is 33.8 Å². The number of imide groups is 1. The van der Waals surface area contributed by atoms with Gasteiger partial charge in [0.15, 0.2) is 0 Å². The Labute approximate surface area is 167 Å². The number of nitrogens with zero attached hydrogens (tertiary/aromatic N) is 2. The third-order valence-corrected chi connectivity index (χ3v) is 6.97. The summed E-state index contributed by atoms with van der Waals surface area (Å²) < 4.78 is 0. The van der Waals surface area contributed by atoms with Gasteiger partial charge in [-0.25, -0.2) is 4.90 Å². The quantitative estimate of drug-likeness (QED) is 0.319. The monoisotopic (exact) mass is 398 g/mol. The van der Waals surface area contributed by atoms with Gasteiger partial charge in [-0.2, -0.15) is 0 Å². The molecule has 2 amide bonds. The van der Waals surface area contributed by atoms with Crippen molar-refractivity contribution in [2.24, 2.45) is 23.7 Å². The summed E-state index contributed by atoms with van der Waals surface area (Å²) >= 11 is 6.00. The Morgan fingerprint density at radius 3 is 2.14 bits per heavy atom. The van der Waals surface area contributed by atoms with Gasteiger partial charge in [-0.3, -0.25) is 19.7 Å². The Hall–Kier alpha value is -2.47. The summed E-state index contributed by atoms with van der Waals surface area (Å²) in [5.41, 5.74) is 2.84. The highest BCUT2D eigenvalue weighted by atomic mass is 35.5. The van der Waals surface area contributed by atoms with E-state index in [0.717, 1.165) is 12.8 Å². The van der Waals surface area contributed by atoms with Gasteiger partial charge in [-0.15, -0.1) is 0 Å². The van der Waals surface area contributed by atoms with E-state index in [0.29, 0.717) is 5.69 Å². The lowest BCUT2D eigenvalue weighted by molar-refractivity contribution is -0.384. The number of rotatable bonds is 2. The van der Waals surface area contributed by atoms with E-state index in [2.05, 4.69) is 12.2 Å². The smallest absolute Gasteiger partial charge is 0.274 e. The van der Waals surface area contributed by atoms with E-state index >= 15 is 0 Å². The predicted molar refractivity (Wildman–Crippen MR) is 104 cm³/mol. The molecule has 6 nitrogen and oxygen atoms in total. The van der Waals surface area contributed by atoms with E-state index in [1.165, 1.54) is 53.5 Å². The molecule has 0 aromatic heterocycles. The van der Waals surface area contributed by atoms with Gasteiger partial charge in [0.1, 0.15) is 5.02 Å². The maximum Gasteiger partial charge on any atom is 0.288 e. The van der Waals surface area contributed by atoms with Gasteiger partial charge in [-0.05, 0) is 37.8 Å². The van der Waals surface area contributed by atoms with Crippen molar-refractivity contribution in [2.45, 2.75) is 32.1 Å². The lowest BCUT2D eigenvalue weighted by Crippen LogP contribution is -2.33. The molecule has 0 N–H and O–H groups in total. The Morgan fingerprint density at radius 1 is 1.00 bits per heavy atom. The summed E-state index contributed by atoms with van der Waals surface area (Å²) in [5.74, 6) is -1.13. The second-order valence-corrected chi connectivity index (χ2v) is 8.42. The molecule has 0 spiro atoms. The molecule has 28 heavy (non-hydrogen) atoms. The van der Waals surface area contributed by atoms with Crippen molar-refractivity contribution in [2.75, 3.05) is 4.90 Å². The van der Waals surface area contributed by atoms with Crippen LogP contribution in [0.5, 0.6) is 0 Å². The number of allylic oxidation sites excluding steroid dienone is 4. The van der Waals surface area contributed by atoms with Crippen molar-refractivity contribution in [1.29, 1.82) is 0 Å². The van der Waals surface area contributed by atoms with Crippen LogP contribution in [0.25, 0.3) is 0 Å². The van der Waals surface area contributed by atoms with E-state index in [1.807, 2.05) is 0 Å². The summed E-state index contributed by atoms with van der Waals surface area (Å²) in [6.07, 6.45) is 9.96. The maximum absolute atomic E-state index is 13.2. The minimum atomic E-state index is -0.582. The van der Waals surface area contributed by atoms with Gasteiger partial charge >= 0.3 is 0 Å². The minimum Gasteiger partial charge on any atom is -0.274 e. The summed E-state index contributed by atoms with van der Waals surface area (Å²) in [5, 5.41) is 10.9. The van der Waals surface area contributed by atoms with Crippen LogP contribution in [0.3, 0.4) is 0 Å². The fourth-order valence-electron chi connectivity index (χ4n) is 5.54. The fourth-order valence-corrected chi connectivity index (χ4v) is 5.78. The van der Waals surface area contributed by atoms with Gasteiger partial charge in [0.05, 0.1) is 22.4 Å². The molecule has 4 aliphatic rings. The van der Waals surface area contributed by atoms with Crippen LogP contribution in [0.2, 0.25) is 5.02 Å². The van der Waals surface area contributed by atoms with Crippen molar-refractivity contribution < 1.29 is 14.5 Å². The van der Waals surface area contributed by atoms with E-state index < -0.39 is 4.92 Å². The van der Waals surface area contributed by atoms with Crippen molar-refractivity contribution in [1.82, 2.24) is 0 Å². The molecule has 0 unspecified atom stereocenters. The molecular formula is C21H19ClN2O4. The molecule has 2 saturated carbocycles. The zero-order valence-corrected chi connectivity index (χ0v) is 15.9. The topological polar surface area (TPSA) is 80.5 Å². The molecule has 5 rings (SSSR count). The number of carbonyl (C=O) groups is 2. The summed E-state index contributed by atoms with van der Waals surface area (Å²) in [6, 6.07) is 4.01. The number of halogens is 1. The average molecular weight is 399 g/mol. The Morgan fingerprint density at radius 2 is 1.61 bits per heavy atom. The molecule has 1 aromatic carbocycles. The highest BCUT2D eigenvalue weighted by molar-refractivity contribution is 6.33. The highest BCUT2D eigenvalue weighted by Crippen LogP contribution is 2.58. The van der Waals surface area contributed by atoms with Crippen LogP contribution in [-0.2, 0) is 9.59 Å². The van der Waals surface area contributed by atoms with Crippen LogP contribution in [-0.4, -0.2) is 16.7 Å². The maximum atomic E-state index is 13.2. The molecule has 0 radical (unpaired) electrons. The Kier molecular flexibility index (Phi) is 3.95. The number of nitro groups is 1. The number of amides is 2. The number of carbonyl (C=O) groups excluding carboxylic acids is 2. The van der Waals surface area contributed by atoms with Crippen molar-refractivity contribution in [3.8, 4) is 0 Å². The first-order chi connectivity index (χ1) is 13.5. The van der Waals surface area contributed by atoms with Gasteiger partial charge in [0, 0.05) is 17.9 Å². The zero-order chi connectivity index (χ0) is 19.6. The van der Waals surface area contributed by atoms with Crippen LogP contribution in [0.4, 0.5) is 11.4 Å². The molecule has 3 fully saturated rings. The Bertz CT molecular complexity index is 941. The second-order valence-electron chi connectivity index (χ2n) is 8.01. The number of hydrogen-bond acceptors (Lipinski definition) is 4. The van der Waals surface area contributed by atoms with Crippen LogP contribution in [0.1, 0.15) is 32.1 Å². The van der Waals surface area contributed by atoms with Gasteiger partial charge in [0.25, 0.3) is 5.69 Å². The van der Waals surface area contributed by atoms with Crippen LogP contribution < -0.4 is 4.90 Å². The lowest BCUT2D eigenvalue weighted by Gasteiger charge is -2.23. The number of benzene rings is 1. The van der Waals surface area contributed by atoms with Gasteiger partial charge in [-0.1, -0.05) is 41.3 Å². The number of fused-ring (bicyclic) bond motifs is 5. The average Bonchev–Trinajstić information content (AvgIpc) is 3.32. The fraction of sp³-hybridized carbons (Fsp3) is 0.429. The number of anilines is 1. The largest absolute Gasteiger partial charge is 0.288 e. The molecule has 7 heteroatoms. The molecule has 1 aromatic rings. The third-order valence-electron chi connectivity index (χ3n) is 6.67. The van der Waals surface area contributed by atoms with Crippen molar-refractivity contribution in [3.63, 3.8) is 0 Å². The standard InChI is InChI=1S/C21H19ClN2O4/c22-15-10-12(6-9-16(15)24(27)28)23-20(25)18-13-7-8-14(19(18)21(23)26)17(13)11-4-2-1-3-5-11/h6-10,13-14,18-19H,1-5H2/t13-,14-,18+,19+/m0/s1. The first-order valence-electron chi connectivity index (χ1n) is 9.71. The molecule has 2 bridgehead atoms. The molecule has 1 aliphatic heterocycles. The van der Waals surface area contributed by atoms with Crippen molar-refractivity contribution >= 4 is 34.8 Å². The summed E-state index contributed by atoms with van der Waals surface area (Å²) in [4.78, 5) is 38.0. The van der Waals surface area contributed by atoms with E-state index in [4.69, 9.17) is 11.6 Å². The van der Waals surface area contributed by atoms with Crippen LogP contribution >= 0.6 is 11.6 Å². The van der Waals surface area contributed by atoms with Gasteiger partial charge < -0.3 is 0 Å². The van der Waals surface area contributed by atoms with Gasteiger partial charge in [0.2, 0.25) is 11.8 Å². The molecule has 4 atom stereocenters. The first kappa shape index (κ1) is 17.6. The summed E-state index contributed by atoms with van der Waals surface area (Å²) in [7, 11) is 0. The second kappa shape index (κ2) is 6.27. The predicted octanol–water partition coefficient (Wildman–Crippen LogP) is 4.43. The molecule has 1 heterocycles. The van der Waals surface area contributed by atoms with Crippen LogP contribution in [0.15, 0.2) is 41.5 Å². The molecular weight excluding hydrogens is 380 g/mol. The lowest BCUT2D eigenvalue weighted by atomic mass is 9.85. The normalized spacial score (nSPS) is 31.1. The van der Waals surface area contributed by atoms with E-state index in [-0.39, 0.29) is 46.2 Å². The van der Waals surface area contributed by atoms with E-state index in [1.54, 1.807) is 0 Å². The molecule has 144 valence electrons. The molecule has 3 aliphatic carbocycles. The summed E-state index contributed by atoms with van der Waals surface area (Å²) in [6.45, 7) is 0. The SMILES string of the molecule is O=C1[C@H]2[C@H](C(=O)N1c1ccc([N+](=O)[O-])c(Cl)c1)[C@H]1C=C[C@H]2C1=C1CCCCC1. The third kappa shape index (κ3) is 2.33. The first-order valence-corrected chi connectivity index (χ1v) is 10.1. The Balaban J connectivity index is 1.50. The number of nitro benzene ring substituents is 1. The van der Waals surface area contributed by atoms with E-state index in [9.17, 15) is 19.7 Å². The zero-order valence-electron chi connectivity index (χ0n) is 15.1.